The van der Waals surface area contributed by atoms with E-state index in [-0.39, 0.29) is 12.0 Å². The van der Waals surface area contributed by atoms with Gasteiger partial charge in [0.05, 0.1) is 6.42 Å². The van der Waals surface area contributed by atoms with Crippen LogP contribution in [0.5, 0.6) is 0 Å². The summed E-state index contributed by atoms with van der Waals surface area (Å²) in [6.45, 7) is 3.09. The molecule has 1 unspecified atom stereocenters. The van der Waals surface area contributed by atoms with E-state index >= 15 is 0 Å². The average molecular weight is 271 g/mol. The van der Waals surface area contributed by atoms with Gasteiger partial charge >= 0.3 is 5.97 Å². The summed E-state index contributed by atoms with van der Waals surface area (Å²) in [7, 11) is 0. The number of carbonyl (C=O) groups excluding carboxylic acids is 1. The molecule has 1 aromatic carbocycles. The average Bonchev–Trinajstić information content (AvgIpc) is 2.33. The minimum absolute atomic E-state index is 0.151. The molecule has 0 aliphatic heterocycles. The fraction of sp³-hybridized carbons (Fsp3) is 0.385. The summed E-state index contributed by atoms with van der Waals surface area (Å²) in [4.78, 5) is 22.4. The molecule has 0 aromatic heterocycles. The molecule has 4 nitrogen and oxygen atoms in total. The largest absolute Gasteiger partial charge is 0.481 e. The van der Waals surface area contributed by atoms with Gasteiger partial charge in [0.15, 0.2) is 0 Å². The van der Waals surface area contributed by atoms with Gasteiger partial charge in [-0.3, -0.25) is 9.59 Å². The lowest BCUT2D eigenvalue weighted by molar-refractivity contribution is -0.137. The van der Waals surface area contributed by atoms with Crippen molar-refractivity contribution in [3.63, 3.8) is 0 Å². The van der Waals surface area contributed by atoms with E-state index in [4.69, 9.17) is 5.11 Å². The number of nitrogens with one attached hydrogen (secondary N) is 1. The highest BCUT2D eigenvalue weighted by Crippen LogP contribution is 2.16. The van der Waals surface area contributed by atoms with Gasteiger partial charge < -0.3 is 10.4 Å². The van der Waals surface area contributed by atoms with E-state index < -0.39 is 35.1 Å². The Hall–Kier alpha value is -1.98. The van der Waals surface area contributed by atoms with Crippen LogP contribution in [0, 0.1) is 18.6 Å². The standard InChI is InChI=1S/C13H15F2NO3/c1-3-8(6-10(17)18)16-13(19)11-9(14)5-4-7(2)12(11)15/h4-5,8H,3,6H2,1-2H3,(H,16,19)(H,17,18). The van der Waals surface area contributed by atoms with E-state index in [9.17, 15) is 18.4 Å². The van der Waals surface area contributed by atoms with Gasteiger partial charge in [-0.2, -0.15) is 0 Å². The molecule has 0 heterocycles. The highest BCUT2D eigenvalue weighted by atomic mass is 19.1. The minimum atomic E-state index is -1.09. The molecule has 0 radical (unpaired) electrons. The number of aliphatic carboxylic acids is 1. The number of carboxylic acid groups (broad SMARTS) is 1. The number of carboxylic acids is 1. The fourth-order valence-corrected chi connectivity index (χ4v) is 1.63. The molecule has 1 rings (SSSR count). The van der Waals surface area contributed by atoms with Gasteiger partial charge in [0.2, 0.25) is 0 Å². The van der Waals surface area contributed by atoms with Crippen LogP contribution in [0.25, 0.3) is 0 Å². The van der Waals surface area contributed by atoms with Gasteiger partial charge in [-0.05, 0) is 25.0 Å². The number of rotatable bonds is 5. The zero-order valence-electron chi connectivity index (χ0n) is 10.7. The van der Waals surface area contributed by atoms with Gasteiger partial charge in [0.25, 0.3) is 5.91 Å². The lowest BCUT2D eigenvalue weighted by Gasteiger charge is -2.15. The van der Waals surface area contributed by atoms with Crippen molar-refractivity contribution in [1.82, 2.24) is 5.32 Å². The van der Waals surface area contributed by atoms with Crippen molar-refractivity contribution in [2.75, 3.05) is 0 Å². The van der Waals surface area contributed by atoms with Crippen molar-refractivity contribution >= 4 is 11.9 Å². The van der Waals surface area contributed by atoms with E-state index in [0.29, 0.717) is 6.42 Å². The number of benzene rings is 1. The summed E-state index contributed by atoms with van der Waals surface area (Å²) in [5.74, 6) is -3.92. The monoisotopic (exact) mass is 271 g/mol. The zero-order chi connectivity index (χ0) is 14.6. The topological polar surface area (TPSA) is 66.4 Å². The van der Waals surface area contributed by atoms with E-state index in [2.05, 4.69) is 5.32 Å². The number of hydrogen-bond acceptors (Lipinski definition) is 2. The molecule has 2 N–H and O–H groups in total. The second kappa shape index (κ2) is 6.26. The van der Waals surface area contributed by atoms with Gasteiger partial charge in [-0.25, -0.2) is 8.78 Å². The number of carbonyl (C=O) groups is 2. The third-order valence-electron chi connectivity index (χ3n) is 2.76. The van der Waals surface area contributed by atoms with Gasteiger partial charge in [0.1, 0.15) is 17.2 Å². The van der Waals surface area contributed by atoms with E-state index in [0.717, 1.165) is 6.07 Å². The first-order valence-electron chi connectivity index (χ1n) is 5.84. The third kappa shape index (κ3) is 3.74. The molecule has 19 heavy (non-hydrogen) atoms. The number of amides is 1. The van der Waals surface area contributed by atoms with Crippen LogP contribution in [0.2, 0.25) is 0 Å². The molecule has 0 bridgehead atoms. The van der Waals surface area contributed by atoms with Gasteiger partial charge in [0, 0.05) is 6.04 Å². The summed E-state index contributed by atoms with van der Waals surface area (Å²) < 4.78 is 27.2. The molecule has 104 valence electrons. The van der Waals surface area contributed by atoms with Crippen LogP contribution in [0.15, 0.2) is 12.1 Å². The molecule has 6 heteroatoms. The van der Waals surface area contributed by atoms with Crippen molar-refractivity contribution in [1.29, 1.82) is 0 Å². The maximum Gasteiger partial charge on any atom is 0.305 e. The maximum absolute atomic E-state index is 13.7. The highest BCUT2D eigenvalue weighted by molar-refractivity contribution is 5.95. The predicted octanol–water partition coefficient (Wildman–Crippen LogP) is 2.26. The first-order valence-corrected chi connectivity index (χ1v) is 5.84. The molecule has 1 amide bonds. The lowest BCUT2D eigenvalue weighted by Crippen LogP contribution is -2.37. The first-order chi connectivity index (χ1) is 8.86. The summed E-state index contributed by atoms with van der Waals surface area (Å²) >= 11 is 0. The normalized spacial score (nSPS) is 12.0. The van der Waals surface area contributed by atoms with E-state index in [1.54, 1.807) is 6.92 Å². The first kappa shape index (κ1) is 15.1. The van der Waals surface area contributed by atoms with Crippen molar-refractivity contribution in [2.45, 2.75) is 32.7 Å². The molecule has 0 saturated carbocycles. The molecule has 0 saturated heterocycles. The summed E-state index contributed by atoms with van der Waals surface area (Å²) in [5, 5.41) is 11.0. The Kier molecular flexibility index (Phi) is 4.97. The third-order valence-corrected chi connectivity index (χ3v) is 2.76. The van der Waals surface area contributed by atoms with Gasteiger partial charge in [-0.1, -0.05) is 13.0 Å². The Labute approximate surface area is 109 Å². The summed E-state index contributed by atoms with van der Waals surface area (Å²) in [6, 6.07) is 1.57. The molecule has 0 aliphatic carbocycles. The molecule has 0 fully saturated rings. The Morgan fingerprint density at radius 1 is 1.37 bits per heavy atom. The van der Waals surface area contributed by atoms with Crippen LogP contribution in [-0.2, 0) is 4.79 Å². The Morgan fingerprint density at radius 3 is 2.53 bits per heavy atom. The second-order valence-corrected chi connectivity index (χ2v) is 4.23. The van der Waals surface area contributed by atoms with Crippen LogP contribution in [0.4, 0.5) is 8.78 Å². The zero-order valence-corrected chi connectivity index (χ0v) is 10.7. The smallest absolute Gasteiger partial charge is 0.305 e. The molecule has 1 atom stereocenters. The predicted molar refractivity (Wildman–Crippen MR) is 64.9 cm³/mol. The van der Waals surface area contributed by atoms with Crippen LogP contribution in [-0.4, -0.2) is 23.0 Å². The van der Waals surface area contributed by atoms with Crippen LogP contribution in [0.3, 0.4) is 0 Å². The number of halogens is 2. The van der Waals surface area contributed by atoms with Crippen LogP contribution in [0.1, 0.15) is 35.7 Å². The molecular weight excluding hydrogens is 256 g/mol. The van der Waals surface area contributed by atoms with Crippen molar-refractivity contribution in [3.05, 3.63) is 34.9 Å². The van der Waals surface area contributed by atoms with Crippen molar-refractivity contribution in [3.8, 4) is 0 Å². The van der Waals surface area contributed by atoms with Crippen molar-refractivity contribution in [2.24, 2.45) is 0 Å². The second-order valence-electron chi connectivity index (χ2n) is 4.23. The van der Waals surface area contributed by atoms with Crippen molar-refractivity contribution < 1.29 is 23.5 Å². The SMILES string of the molecule is CCC(CC(=O)O)NC(=O)c1c(F)ccc(C)c1F. The minimum Gasteiger partial charge on any atom is -0.481 e. The number of aryl methyl sites for hydroxylation is 1. The number of hydrogen-bond donors (Lipinski definition) is 2. The summed E-state index contributed by atoms with van der Waals surface area (Å²) in [5.41, 5.74) is -0.526. The molecule has 0 spiro atoms. The Balaban J connectivity index is 2.95. The highest BCUT2D eigenvalue weighted by Gasteiger charge is 2.22. The summed E-state index contributed by atoms with van der Waals surface area (Å²) in [6.07, 6.45) is 0.0599. The lowest BCUT2D eigenvalue weighted by atomic mass is 10.1. The fourth-order valence-electron chi connectivity index (χ4n) is 1.63. The molecular formula is C13H15F2NO3. The maximum atomic E-state index is 13.7. The van der Waals surface area contributed by atoms with Crippen LogP contribution < -0.4 is 5.32 Å². The molecule has 0 aliphatic rings. The van der Waals surface area contributed by atoms with E-state index in [1.807, 2.05) is 0 Å². The quantitative estimate of drug-likeness (QED) is 0.863. The van der Waals surface area contributed by atoms with Crippen LogP contribution >= 0.6 is 0 Å². The van der Waals surface area contributed by atoms with E-state index in [1.165, 1.54) is 13.0 Å². The van der Waals surface area contributed by atoms with Gasteiger partial charge in [-0.15, -0.1) is 0 Å². The Morgan fingerprint density at radius 2 is 2.00 bits per heavy atom. The Bertz CT molecular complexity index is 503. The molecule has 1 aromatic rings.